The van der Waals surface area contributed by atoms with Gasteiger partial charge in [-0.05, 0) is 44.2 Å². The Morgan fingerprint density at radius 1 is 1.08 bits per heavy atom. The summed E-state index contributed by atoms with van der Waals surface area (Å²) < 4.78 is 0. The molecule has 140 valence electrons. The number of piperidine rings is 2. The fourth-order valence-electron chi connectivity index (χ4n) is 4.80. The fraction of sp³-hybridized carbons (Fsp3) is 0.600. The molecule has 26 heavy (non-hydrogen) atoms. The van der Waals surface area contributed by atoms with Crippen molar-refractivity contribution in [3.05, 3.63) is 30.3 Å². The van der Waals surface area contributed by atoms with Gasteiger partial charge in [-0.2, -0.15) is 0 Å². The van der Waals surface area contributed by atoms with Crippen molar-refractivity contribution in [2.45, 2.75) is 56.7 Å². The number of para-hydroxylation sites is 1. The Kier molecular flexibility index (Phi) is 4.85. The molecule has 3 fully saturated rings. The number of aliphatic carboxylic acids is 1. The third-order valence-corrected chi connectivity index (χ3v) is 6.10. The van der Waals surface area contributed by atoms with Crippen molar-refractivity contribution in [1.82, 2.24) is 10.2 Å². The molecule has 3 aliphatic heterocycles. The van der Waals surface area contributed by atoms with Crippen LogP contribution >= 0.6 is 0 Å². The first-order valence-corrected chi connectivity index (χ1v) is 9.74. The molecule has 2 N–H and O–H groups in total. The van der Waals surface area contributed by atoms with Crippen LogP contribution in [0.25, 0.3) is 0 Å². The molecular weight excluding hydrogens is 330 g/mol. The number of carbonyl (C=O) groups is 2. The number of fused-ring (bicyclic) bond motifs is 2. The number of carboxylic acid groups (broad SMARTS) is 1. The van der Waals surface area contributed by atoms with E-state index >= 15 is 0 Å². The van der Waals surface area contributed by atoms with Gasteiger partial charge in [0.05, 0.1) is 5.92 Å². The van der Waals surface area contributed by atoms with Crippen LogP contribution in [0.2, 0.25) is 0 Å². The second kappa shape index (κ2) is 7.27. The second-order valence-electron chi connectivity index (χ2n) is 7.87. The predicted octanol–water partition coefficient (Wildman–Crippen LogP) is 2.69. The zero-order valence-corrected chi connectivity index (χ0v) is 15.0. The highest BCUT2D eigenvalue weighted by Crippen LogP contribution is 2.32. The third-order valence-electron chi connectivity index (χ3n) is 6.10. The van der Waals surface area contributed by atoms with E-state index in [1.54, 1.807) is 4.90 Å². The average molecular weight is 357 g/mol. The standard InChI is InChI=1S/C20H27N3O3/c24-19(25)14-9-10-22(13-14)20(26)23(17-7-2-1-3-8-17)18-11-15-5-4-6-16(12-18)21-15/h1-3,7-8,14-16,18,21H,4-6,9-13H2,(H,24,25)/t14-,15-,16+,18?/m1/s1. The number of likely N-dealkylation sites (tertiary alicyclic amines) is 1. The summed E-state index contributed by atoms with van der Waals surface area (Å²) in [5.41, 5.74) is 0.918. The van der Waals surface area contributed by atoms with Crippen LogP contribution in [0.5, 0.6) is 0 Å². The zero-order valence-electron chi connectivity index (χ0n) is 15.0. The van der Waals surface area contributed by atoms with E-state index in [9.17, 15) is 14.7 Å². The van der Waals surface area contributed by atoms with E-state index in [0.717, 1.165) is 18.5 Å². The van der Waals surface area contributed by atoms with Gasteiger partial charge in [-0.15, -0.1) is 0 Å². The van der Waals surface area contributed by atoms with Gasteiger partial charge in [-0.25, -0.2) is 4.79 Å². The first-order chi connectivity index (χ1) is 12.6. The maximum Gasteiger partial charge on any atom is 0.324 e. The summed E-state index contributed by atoms with van der Waals surface area (Å²) in [6, 6.07) is 11.0. The minimum atomic E-state index is -0.803. The van der Waals surface area contributed by atoms with E-state index in [4.69, 9.17) is 0 Å². The summed E-state index contributed by atoms with van der Waals surface area (Å²) in [6.07, 6.45) is 6.09. The summed E-state index contributed by atoms with van der Waals surface area (Å²) in [7, 11) is 0. The van der Waals surface area contributed by atoms with Gasteiger partial charge in [0, 0.05) is 36.9 Å². The molecule has 4 atom stereocenters. The minimum Gasteiger partial charge on any atom is -0.481 e. The van der Waals surface area contributed by atoms with Gasteiger partial charge in [0.1, 0.15) is 0 Å². The quantitative estimate of drug-likeness (QED) is 0.872. The topological polar surface area (TPSA) is 72.9 Å². The lowest BCUT2D eigenvalue weighted by Crippen LogP contribution is -2.58. The lowest BCUT2D eigenvalue weighted by molar-refractivity contribution is -0.141. The highest BCUT2D eigenvalue weighted by molar-refractivity contribution is 5.93. The van der Waals surface area contributed by atoms with E-state index < -0.39 is 11.9 Å². The van der Waals surface area contributed by atoms with Crippen molar-refractivity contribution in [2.75, 3.05) is 18.0 Å². The number of benzene rings is 1. The van der Waals surface area contributed by atoms with Gasteiger partial charge in [-0.3, -0.25) is 9.69 Å². The number of amides is 2. The molecule has 2 amide bonds. The van der Waals surface area contributed by atoms with Gasteiger partial charge < -0.3 is 15.3 Å². The lowest BCUT2D eigenvalue weighted by Gasteiger charge is -2.45. The smallest absolute Gasteiger partial charge is 0.324 e. The Morgan fingerprint density at radius 3 is 2.38 bits per heavy atom. The largest absolute Gasteiger partial charge is 0.481 e. The Hall–Kier alpha value is -2.08. The number of carboxylic acids is 1. The first-order valence-electron chi connectivity index (χ1n) is 9.74. The van der Waals surface area contributed by atoms with Crippen LogP contribution in [-0.4, -0.2) is 53.2 Å². The molecule has 1 aromatic rings. The molecule has 6 nitrogen and oxygen atoms in total. The molecule has 1 unspecified atom stereocenters. The molecule has 0 spiro atoms. The zero-order chi connectivity index (χ0) is 18.1. The Labute approximate surface area is 154 Å². The predicted molar refractivity (Wildman–Crippen MR) is 99.2 cm³/mol. The van der Waals surface area contributed by atoms with Crippen molar-refractivity contribution >= 4 is 17.7 Å². The summed E-state index contributed by atoms with van der Waals surface area (Å²) in [5.74, 6) is -1.24. The number of urea groups is 1. The Balaban J connectivity index is 1.57. The third kappa shape index (κ3) is 3.43. The van der Waals surface area contributed by atoms with Gasteiger partial charge in [-0.1, -0.05) is 24.6 Å². The van der Waals surface area contributed by atoms with Gasteiger partial charge in [0.2, 0.25) is 0 Å². The molecule has 6 heteroatoms. The molecule has 1 aromatic carbocycles. The van der Waals surface area contributed by atoms with Crippen molar-refractivity contribution in [2.24, 2.45) is 5.92 Å². The van der Waals surface area contributed by atoms with E-state index in [1.165, 1.54) is 19.3 Å². The van der Waals surface area contributed by atoms with E-state index in [1.807, 2.05) is 35.2 Å². The molecule has 3 heterocycles. The molecule has 3 aliphatic rings. The van der Waals surface area contributed by atoms with Crippen LogP contribution in [0.15, 0.2) is 30.3 Å². The second-order valence-corrected chi connectivity index (χ2v) is 7.87. The molecule has 3 saturated heterocycles. The van der Waals surface area contributed by atoms with Crippen molar-refractivity contribution < 1.29 is 14.7 Å². The number of nitrogens with zero attached hydrogens (tertiary/aromatic N) is 2. The molecule has 0 aliphatic carbocycles. The van der Waals surface area contributed by atoms with Gasteiger partial charge >= 0.3 is 12.0 Å². The Bertz CT molecular complexity index is 654. The van der Waals surface area contributed by atoms with E-state index in [0.29, 0.717) is 31.6 Å². The summed E-state index contributed by atoms with van der Waals surface area (Å²) in [6.45, 7) is 0.840. The number of anilines is 1. The van der Waals surface area contributed by atoms with Crippen LogP contribution in [0.4, 0.5) is 10.5 Å². The highest BCUT2D eigenvalue weighted by Gasteiger charge is 2.40. The van der Waals surface area contributed by atoms with Crippen LogP contribution in [-0.2, 0) is 4.79 Å². The SMILES string of the molecule is O=C(O)[C@@H]1CCN(C(=O)N(c2ccccc2)C2C[C@H]3CCC[C@@H](C2)N3)C1. The number of nitrogens with one attached hydrogen (secondary N) is 1. The number of carbonyl (C=O) groups excluding carboxylic acids is 1. The molecular formula is C20H27N3O3. The van der Waals surface area contributed by atoms with Gasteiger partial charge in [0.25, 0.3) is 0 Å². The number of hydrogen-bond acceptors (Lipinski definition) is 3. The normalized spacial score (nSPS) is 30.8. The first kappa shape index (κ1) is 17.3. The van der Waals surface area contributed by atoms with E-state index in [2.05, 4.69) is 5.32 Å². The number of rotatable bonds is 3. The maximum absolute atomic E-state index is 13.4. The summed E-state index contributed by atoms with van der Waals surface area (Å²) >= 11 is 0. The molecule has 0 aromatic heterocycles. The minimum absolute atomic E-state index is 0.0371. The van der Waals surface area contributed by atoms with Crippen molar-refractivity contribution in [3.8, 4) is 0 Å². The monoisotopic (exact) mass is 357 g/mol. The van der Waals surface area contributed by atoms with Crippen LogP contribution in [0, 0.1) is 5.92 Å². The molecule has 0 radical (unpaired) electrons. The van der Waals surface area contributed by atoms with Crippen LogP contribution in [0.3, 0.4) is 0 Å². The average Bonchev–Trinajstić information content (AvgIpc) is 3.13. The maximum atomic E-state index is 13.4. The molecule has 4 rings (SSSR count). The summed E-state index contributed by atoms with van der Waals surface area (Å²) in [4.78, 5) is 28.3. The lowest BCUT2D eigenvalue weighted by atomic mass is 9.83. The fourth-order valence-corrected chi connectivity index (χ4v) is 4.80. The number of hydrogen-bond donors (Lipinski definition) is 2. The van der Waals surface area contributed by atoms with E-state index in [-0.39, 0.29) is 12.1 Å². The van der Waals surface area contributed by atoms with Gasteiger partial charge in [0.15, 0.2) is 0 Å². The molecule has 0 saturated carbocycles. The van der Waals surface area contributed by atoms with Crippen molar-refractivity contribution in [1.29, 1.82) is 0 Å². The van der Waals surface area contributed by atoms with Crippen LogP contribution in [0.1, 0.15) is 38.5 Å². The van der Waals surface area contributed by atoms with Crippen molar-refractivity contribution in [3.63, 3.8) is 0 Å². The summed E-state index contributed by atoms with van der Waals surface area (Å²) in [5, 5.41) is 13.0. The highest BCUT2D eigenvalue weighted by atomic mass is 16.4. The Morgan fingerprint density at radius 2 is 1.77 bits per heavy atom. The van der Waals surface area contributed by atoms with Crippen LogP contribution < -0.4 is 10.2 Å². The molecule has 2 bridgehead atoms.